The van der Waals surface area contributed by atoms with Crippen LogP contribution in [0, 0.1) is 5.41 Å². The monoisotopic (exact) mass is 216 g/mol. The van der Waals surface area contributed by atoms with Crippen LogP contribution in [0.4, 0.5) is 0 Å². The first-order chi connectivity index (χ1) is 7.14. The molecule has 3 aliphatic rings. The van der Waals surface area contributed by atoms with Gasteiger partial charge in [-0.1, -0.05) is 6.92 Å². The Labute approximate surface area is 107 Å². The average molecular weight is 216 g/mol. The molecule has 0 radical (unpaired) electrons. The van der Waals surface area contributed by atoms with Crippen LogP contribution >= 0.6 is 0 Å². The van der Waals surface area contributed by atoms with E-state index in [9.17, 15) is 0 Å². The molecule has 0 unspecified atom stereocenters. The van der Waals surface area contributed by atoms with Crippen molar-refractivity contribution in [1.82, 2.24) is 9.55 Å². The van der Waals surface area contributed by atoms with Gasteiger partial charge in [0.15, 0.2) is 0 Å². The molecule has 0 atom stereocenters. The van der Waals surface area contributed by atoms with E-state index >= 15 is 0 Å². The Bertz CT molecular complexity index is 373. The first-order valence-corrected chi connectivity index (χ1v) is 5.17. The van der Waals surface area contributed by atoms with Crippen LogP contribution in [0.2, 0.25) is 0 Å². The van der Waals surface area contributed by atoms with Gasteiger partial charge in [0.1, 0.15) is 0 Å². The molecular formula is C9H14BLiN2O3. The van der Waals surface area contributed by atoms with Crippen LogP contribution in [0.3, 0.4) is 0 Å². The van der Waals surface area contributed by atoms with Crippen molar-refractivity contribution in [2.24, 2.45) is 12.5 Å². The number of hydrogen-bond donors (Lipinski definition) is 0. The van der Waals surface area contributed by atoms with E-state index in [0.29, 0.717) is 19.8 Å². The van der Waals surface area contributed by atoms with Crippen molar-refractivity contribution in [2.45, 2.75) is 6.92 Å². The summed E-state index contributed by atoms with van der Waals surface area (Å²) in [5, 5.41) is 0. The van der Waals surface area contributed by atoms with E-state index in [1.54, 1.807) is 6.20 Å². The van der Waals surface area contributed by atoms with E-state index in [4.69, 9.17) is 14.0 Å². The summed E-state index contributed by atoms with van der Waals surface area (Å²) in [6.07, 6.45) is 3.59. The topological polar surface area (TPSA) is 45.5 Å². The van der Waals surface area contributed by atoms with E-state index in [-0.39, 0.29) is 24.3 Å². The Hall–Kier alpha value is -0.248. The van der Waals surface area contributed by atoms with Gasteiger partial charge in [-0.25, -0.2) is 0 Å². The normalized spacial score (nSPS) is 37.1. The number of aryl methyl sites for hydroxylation is 1. The maximum Gasteiger partial charge on any atom is 1.00 e. The molecule has 5 nitrogen and oxygen atoms in total. The zero-order valence-corrected chi connectivity index (χ0v) is 9.97. The van der Waals surface area contributed by atoms with Gasteiger partial charge in [-0.3, -0.25) is 4.98 Å². The Morgan fingerprint density at radius 2 is 1.88 bits per heavy atom. The Kier molecular flexibility index (Phi) is 2.98. The van der Waals surface area contributed by atoms with Gasteiger partial charge in [0.2, 0.25) is 0 Å². The fourth-order valence-corrected chi connectivity index (χ4v) is 2.14. The first kappa shape index (κ1) is 12.2. The fourth-order valence-electron chi connectivity index (χ4n) is 2.14. The summed E-state index contributed by atoms with van der Waals surface area (Å²) in [6, 6.07) is 0. The fraction of sp³-hybridized carbons (Fsp3) is 0.667. The second-order valence-corrected chi connectivity index (χ2v) is 4.78. The van der Waals surface area contributed by atoms with Crippen LogP contribution in [0.25, 0.3) is 0 Å². The van der Waals surface area contributed by atoms with Crippen LogP contribution in [-0.2, 0) is 21.0 Å². The molecule has 1 aromatic heterocycles. The summed E-state index contributed by atoms with van der Waals surface area (Å²) in [7, 11) is 1.91. The number of fused-ring (bicyclic) bond motifs is 3. The van der Waals surface area contributed by atoms with E-state index in [1.807, 2.05) is 17.8 Å². The minimum absolute atomic E-state index is 0. The molecule has 7 heteroatoms. The third-order valence-electron chi connectivity index (χ3n) is 3.13. The Morgan fingerprint density at radius 3 is 2.31 bits per heavy atom. The Morgan fingerprint density at radius 1 is 1.31 bits per heavy atom. The Balaban J connectivity index is 0.000000963. The molecular weight excluding hydrogens is 202 g/mol. The van der Waals surface area contributed by atoms with Crippen molar-refractivity contribution in [3.8, 4) is 0 Å². The summed E-state index contributed by atoms with van der Waals surface area (Å²) in [6.45, 7) is 2.36. The van der Waals surface area contributed by atoms with Crippen molar-refractivity contribution in [3.05, 3.63) is 12.4 Å². The second-order valence-electron chi connectivity index (χ2n) is 4.78. The summed E-state index contributed by atoms with van der Waals surface area (Å²) in [5.74, 6) is 0. The van der Waals surface area contributed by atoms with Gasteiger partial charge in [-0.2, -0.15) is 0 Å². The molecule has 0 aromatic carbocycles. The number of hydrogen-bond acceptors (Lipinski definition) is 4. The van der Waals surface area contributed by atoms with Crippen LogP contribution in [0.1, 0.15) is 6.92 Å². The van der Waals surface area contributed by atoms with Gasteiger partial charge in [-0.15, -0.1) is 0 Å². The maximum absolute atomic E-state index is 5.73. The maximum atomic E-state index is 5.73. The predicted molar refractivity (Wildman–Crippen MR) is 54.6 cm³/mol. The van der Waals surface area contributed by atoms with E-state index < -0.39 is 6.75 Å². The molecule has 3 fully saturated rings. The first-order valence-electron chi connectivity index (χ1n) is 5.17. The van der Waals surface area contributed by atoms with Crippen molar-refractivity contribution in [2.75, 3.05) is 19.8 Å². The van der Waals surface area contributed by atoms with Gasteiger partial charge in [-0.05, 0) is 0 Å². The number of aromatic nitrogens is 2. The molecule has 3 aliphatic heterocycles. The van der Waals surface area contributed by atoms with Crippen molar-refractivity contribution in [3.63, 3.8) is 0 Å². The number of imidazole rings is 1. The molecule has 16 heavy (non-hydrogen) atoms. The minimum atomic E-state index is -1.78. The van der Waals surface area contributed by atoms with Crippen LogP contribution < -0.4 is 24.6 Å². The van der Waals surface area contributed by atoms with Gasteiger partial charge in [0.05, 0.1) is 0 Å². The minimum Gasteiger partial charge on any atom is -0.538 e. The van der Waals surface area contributed by atoms with Gasteiger partial charge < -0.3 is 18.5 Å². The summed E-state index contributed by atoms with van der Waals surface area (Å²) in [4.78, 5) is 4.25. The molecule has 0 saturated carbocycles. The molecule has 0 amide bonds. The predicted octanol–water partition coefficient (Wildman–Crippen LogP) is -3.35. The third kappa shape index (κ3) is 1.66. The number of rotatable bonds is 1. The summed E-state index contributed by atoms with van der Waals surface area (Å²) < 4.78 is 19.1. The van der Waals surface area contributed by atoms with Crippen molar-refractivity contribution < 1.29 is 32.8 Å². The molecule has 82 valence electrons. The van der Waals surface area contributed by atoms with Gasteiger partial charge in [0.25, 0.3) is 0 Å². The second kappa shape index (κ2) is 3.90. The average Bonchev–Trinajstić information content (AvgIpc) is 2.67. The standard InChI is InChI=1S/C9H14BN2O3.Li/c1-9-5-13-10(14-6-9,15-7-9)8-11-3-4-12(8)2;/h3-4H,5-7H2,1-2H3;/q-1;+1. The quantitative estimate of drug-likeness (QED) is 0.460. The van der Waals surface area contributed by atoms with Gasteiger partial charge >= 0.3 is 25.6 Å². The zero-order chi connectivity index (χ0) is 10.5. The van der Waals surface area contributed by atoms with E-state index in [1.165, 1.54) is 0 Å². The molecule has 0 aliphatic carbocycles. The van der Waals surface area contributed by atoms with Crippen LogP contribution in [-0.4, -0.2) is 36.1 Å². The van der Waals surface area contributed by atoms with Crippen LogP contribution in [0.5, 0.6) is 0 Å². The summed E-state index contributed by atoms with van der Waals surface area (Å²) in [5.41, 5.74) is 0.742. The van der Waals surface area contributed by atoms with Crippen molar-refractivity contribution in [1.29, 1.82) is 0 Å². The molecule has 0 spiro atoms. The molecule has 2 bridgehead atoms. The third-order valence-corrected chi connectivity index (χ3v) is 3.13. The van der Waals surface area contributed by atoms with E-state index in [0.717, 1.165) is 5.72 Å². The summed E-state index contributed by atoms with van der Waals surface area (Å²) >= 11 is 0. The largest absolute Gasteiger partial charge is 1.00 e. The van der Waals surface area contributed by atoms with Gasteiger partial charge in [0, 0.05) is 50.4 Å². The molecule has 1 aromatic rings. The van der Waals surface area contributed by atoms with Crippen LogP contribution in [0.15, 0.2) is 12.4 Å². The van der Waals surface area contributed by atoms with Crippen molar-refractivity contribution >= 4 is 12.5 Å². The SMILES string of the molecule is Cn1ccnc1[B-]12OCC(C)(CO1)CO2.[Li+]. The van der Waals surface area contributed by atoms with E-state index in [2.05, 4.69) is 11.9 Å². The smallest absolute Gasteiger partial charge is 0.538 e. The molecule has 3 saturated heterocycles. The molecule has 4 heterocycles. The molecule has 0 N–H and O–H groups in total. The number of nitrogens with zero attached hydrogens (tertiary/aromatic N) is 2. The molecule has 4 rings (SSSR count). The zero-order valence-electron chi connectivity index (χ0n) is 9.97.